The summed E-state index contributed by atoms with van der Waals surface area (Å²) in [6, 6.07) is 27.9. The Labute approximate surface area is 387 Å². The van der Waals surface area contributed by atoms with Crippen molar-refractivity contribution >= 4 is 230 Å². The molecule has 5 nitrogen and oxygen atoms in total. The number of benzene rings is 7. The van der Waals surface area contributed by atoms with Crippen molar-refractivity contribution in [3.05, 3.63) is 78.9 Å². The molecule has 0 saturated carbocycles. The molecule has 0 amide bonds. The normalized spacial score (nSPS) is 11.7. The molecule has 3 aromatic heterocycles. The zero-order valence-corrected chi connectivity index (χ0v) is 39.7. The van der Waals surface area contributed by atoms with Crippen LogP contribution in [0.15, 0.2) is 87.7 Å². The predicted molar refractivity (Wildman–Crippen MR) is 316 cm³/mol. The van der Waals surface area contributed by atoms with E-state index in [0.717, 1.165) is 99.1 Å². The number of hydrogen-bond acceptors (Lipinski definition) is 5. The minimum atomic E-state index is 0.589. The van der Waals surface area contributed by atoms with Crippen LogP contribution in [0.1, 0.15) is 0 Å². The number of furan rings is 2. The van der Waals surface area contributed by atoms with Crippen molar-refractivity contribution in [3.63, 3.8) is 0 Å². The van der Waals surface area contributed by atoms with Crippen LogP contribution in [0.4, 0.5) is 0 Å². The Morgan fingerprint density at radius 1 is 0.266 bits per heavy atom. The first-order valence-electron chi connectivity index (χ1n) is 22.5. The molecule has 19 heteroatoms. The summed E-state index contributed by atoms with van der Waals surface area (Å²) in [5.74, 6) is 1.81. The van der Waals surface area contributed by atoms with E-state index in [9.17, 15) is 0 Å². The fourth-order valence-corrected chi connectivity index (χ4v) is 10.2. The Hall–Kier alpha value is -5.94. The van der Waals surface area contributed by atoms with Crippen molar-refractivity contribution in [2.24, 2.45) is 0 Å². The first-order chi connectivity index (χ1) is 30.6. The van der Waals surface area contributed by atoms with Crippen molar-refractivity contribution < 1.29 is 8.83 Å². The van der Waals surface area contributed by atoms with Crippen molar-refractivity contribution in [1.82, 2.24) is 15.0 Å². The lowest BCUT2D eigenvalue weighted by Crippen LogP contribution is -2.48. The van der Waals surface area contributed by atoms with E-state index in [1.807, 2.05) is 0 Å². The van der Waals surface area contributed by atoms with Gasteiger partial charge in [0.2, 0.25) is 0 Å². The topological polar surface area (TPSA) is 65.0 Å². The lowest BCUT2D eigenvalue weighted by atomic mass is 9.64. The maximum atomic E-state index is 7.11. The lowest BCUT2D eigenvalue weighted by Gasteiger charge is -2.18. The van der Waals surface area contributed by atoms with Crippen LogP contribution in [0.2, 0.25) is 0 Å². The van der Waals surface area contributed by atoms with E-state index in [0.29, 0.717) is 17.5 Å². The van der Waals surface area contributed by atoms with Crippen molar-refractivity contribution in [3.8, 4) is 56.4 Å². The van der Waals surface area contributed by atoms with E-state index >= 15 is 0 Å². The van der Waals surface area contributed by atoms with E-state index in [4.69, 9.17) is 23.8 Å². The summed E-state index contributed by atoms with van der Waals surface area (Å²) in [6.07, 6.45) is 0. The molecule has 0 unspecified atom stereocenters. The minimum Gasteiger partial charge on any atom is -0.457 e. The van der Waals surface area contributed by atoms with Crippen molar-refractivity contribution in [2.75, 3.05) is 0 Å². The van der Waals surface area contributed by atoms with E-state index < -0.39 is 0 Å². The molecular weight excluding hydrogens is 766 g/mol. The van der Waals surface area contributed by atoms with Crippen LogP contribution in [0.25, 0.3) is 100 Å². The van der Waals surface area contributed by atoms with Gasteiger partial charge in [-0.3, -0.25) is 0 Å². The number of fused-ring (bicyclic) bond motifs is 6. The van der Waals surface area contributed by atoms with E-state index in [-0.39, 0.29) is 0 Å². The Morgan fingerprint density at radius 3 is 1.19 bits per heavy atom. The second-order valence-corrected chi connectivity index (χ2v) is 18.4. The Morgan fingerprint density at radius 2 is 0.625 bits per heavy atom. The van der Waals surface area contributed by atoms with Crippen molar-refractivity contribution in [2.45, 2.75) is 0 Å². The van der Waals surface area contributed by atoms with E-state index in [1.165, 1.54) is 60.2 Å². The highest BCUT2D eigenvalue weighted by Gasteiger charge is 2.28. The molecule has 0 N–H and O–H groups in total. The third-order valence-corrected chi connectivity index (χ3v) is 15.3. The summed E-state index contributed by atoms with van der Waals surface area (Å²) in [7, 11) is 30.8. The standard InChI is InChI=1S/C45H41B14N3O2/c46-25-20-19-23(28(49)33(54)36(57)40(19)64-41(20)37(58)34(55)31(25)52)44-60-43(16-11-9-15(10-12-16)18-8-4-7-17(13-18)14-5-2-1-3-6-14)61-45(62-44)24-29(50)30(51)26(47)21-22-27(48)32(53)35(56)38(59)42(22)63-39(21)24/h1-13H,46-59H2. The Kier molecular flexibility index (Phi) is 10.1. The molecule has 0 atom stereocenters. The zero-order valence-electron chi connectivity index (χ0n) is 39.7. The molecule has 10 rings (SSSR count). The van der Waals surface area contributed by atoms with Crippen LogP contribution < -0.4 is 76.5 Å². The summed E-state index contributed by atoms with van der Waals surface area (Å²) in [6.45, 7) is 0. The number of aromatic nitrogens is 3. The molecule has 0 bridgehead atoms. The van der Waals surface area contributed by atoms with Gasteiger partial charge in [0.05, 0.1) is 5.56 Å². The fraction of sp³-hybridized carbons (Fsp3) is 0. The first kappa shape index (κ1) is 42.0. The molecule has 0 fully saturated rings. The third kappa shape index (κ3) is 6.16. The molecule has 0 aliphatic rings. The van der Waals surface area contributed by atoms with Gasteiger partial charge in [0.25, 0.3) is 0 Å². The highest BCUT2D eigenvalue weighted by atomic mass is 16.3. The smallest absolute Gasteiger partial charge is 0.167 e. The first-order valence-corrected chi connectivity index (χ1v) is 22.5. The van der Waals surface area contributed by atoms with Gasteiger partial charge in [-0.05, 0) is 28.3 Å². The van der Waals surface area contributed by atoms with E-state index in [2.05, 4.69) is 189 Å². The Balaban J connectivity index is 1.28. The average Bonchev–Trinajstić information content (AvgIpc) is 3.91. The number of nitrogens with zero attached hydrogens (tertiary/aromatic N) is 3. The van der Waals surface area contributed by atoms with Gasteiger partial charge in [0, 0.05) is 32.7 Å². The van der Waals surface area contributed by atoms with Crippen LogP contribution in [0, 0.1) is 0 Å². The number of hydrogen-bond donors (Lipinski definition) is 0. The van der Waals surface area contributed by atoms with Crippen LogP contribution in [-0.4, -0.2) is 125 Å². The zero-order chi connectivity index (χ0) is 45.2. The van der Waals surface area contributed by atoms with Crippen LogP contribution in [-0.2, 0) is 0 Å². The van der Waals surface area contributed by atoms with Gasteiger partial charge < -0.3 is 8.83 Å². The second kappa shape index (κ2) is 15.4. The average molecular weight is 807 g/mol. The Bertz CT molecular complexity index is 3670. The maximum absolute atomic E-state index is 7.11. The minimum absolute atomic E-state index is 0.589. The largest absolute Gasteiger partial charge is 0.457 e. The predicted octanol–water partition coefficient (Wildman–Crippen LogP) is -12.4. The molecule has 0 aliphatic carbocycles. The molecular formula is C45H41B14N3O2. The summed E-state index contributed by atoms with van der Waals surface area (Å²) in [4.78, 5) is 16.5. The molecule has 290 valence electrons. The second-order valence-electron chi connectivity index (χ2n) is 18.4. The maximum Gasteiger partial charge on any atom is 0.167 e. The van der Waals surface area contributed by atoms with Gasteiger partial charge in [-0.2, -0.15) is 0 Å². The van der Waals surface area contributed by atoms with Gasteiger partial charge >= 0.3 is 0 Å². The van der Waals surface area contributed by atoms with Crippen LogP contribution in [0.3, 0.4) is 0 Å². The van der Waals surface area contributed by atoms with Gasteiger partial charge in [-0.15, -0.1) is 10.9 Å². The van der Waals surface area contributed by atoms with Gasteiger partial charge in [0.1, 0.15) is 132 Å². The molecule has 64 heavy (non-hydrogen) atoms. The summed E-state index contributed by atoms with van der Waals surface area (Å²) >= 11 is 0. The SMILES string of the molecule is Bc1c(B)c(B)c2c(oc3c(-c4nc(-c5ccc(-c6cccc(-c7ccccc7)c6)cc5)nc(-c5c(B)c(B)c(B)c6oc7c(B)c(B)c(B)c(B)c7c56)n4)c(B)c(B)c(B)c32)c1B. The highest BCUT2D eigenvalue weighted by Crippen LogP contribution is 2.36. The molecule has 0 spiro atoms. The molecule has 0 aliphatic heterocycles. The molecule has 7 aromatic carbocycles. The van der Waals surface area contributed by atoms with Gasteiger partial charge in [-0.25, -0.2) is 15.0 Å². The number of rotatable bonds is 5. The quantitative estimate of drug-likeness (QED) is 0.162. The monoisotopic (exact) mass is 809 g/mol. The molecule has 10 aromatic rings. The van der Waals surface area contributed by atoms with Crippen LogP contribution >= 0.6 is 0 Å². The van der Waals surface area contributed by atoms with Gasteiger partial charge in [0.15, 0.2) is 17.5 Å². The molecule has 3 heterocycles. The molecule has 0 radical (unpaired) electrons. The van der Waals surface area contributed by atoms with Crippen molar-refractivity contribution in [1.29, 1.82) is 0 Å². The lowest BCUT2D eigenvalue weighted by molar-refractivity contribution is 0.673. The van der Waals surface area contributed by atoms with E-state index in [1.54, 1.807) is 0 Å². The molecule has 0 saturated heterocycles. The van der Waals surface area contributed by atoms with Gasteiger partial charge in [-0.1, -0.05) is 138 Å². The summed E-state index contributed by atoms with van der Waals surface area (Å²) < 4.78 is 14.1. The van der Waals surface area contributed by atoms with Crippen LogP contribution in [0.5, 0.6) is 0 Å². The summed E-state index contributed by atoms with van der Waals surface area (Å²) in [5.41, 5.74) is 27.8. The summed E-state index contributed by atoms with van der Waals surface area (Å²) in [5, 5.41) is 4.48. The third-order valence-electron chi connectivity index (χ3n) is 15.3. The highest BCUT2D eigenvalue weighted by molar-refractivity contribution is 6.71. The fourth-order valence-electron chi connectivity index (χ4n) is 10.2.